The Morgan fingerprint density at radius 1 is 1.64 bits per heavy atom. The van der Waals surface area contributed by atoms with Crippen LogP contribution in [0.2, 0.25) is 0 Å². The number of azide groups is 1. The fourth-order valence-electron chi connectivity index (χ4n) is 0.887. The first-order chi connectivity index (χ1) is 5.17. The van der Waals surface area contributed by atoms with Gasteiger partial charge in [0.2, 0.25) is 0 Å². The molecule has 0 aromatic carbocycles. The lowest BCUT2D eigenvalue weighted by molar-refractivity contribution is 0.165. The zero-order valence-electron chi connectivity index (χ0n) is 5.67. The van der Waals surface area contributed by atoms with Crippen LogP contribution in [-0.4, -0.2) is 20.5 Å². The first kappa shape index (κ1) is 8.32. The molecule has 0 bridgehead atoms. The van der Waals surface area contributed by atoms with E-state index in [9.17, 15) is 8.42 Å². The number of hydrogen-bond donors (Lipinski definition) is 0. The van der Waals surface area contributed by atoms with Gasteiger partial charge in [-0.2, -0.15) is 0 Å². The van der Waals surface area contributed by atoms with E-state index in [-0.39, 0.29) is 0 Å². The van der Waals surface area contributed by atoms with Crippen molar-refractivity contribution in [3.63, 3.8) is 0 Å². The molecule has 1 heterocycles. The minimum Gasteiger partial charge on any atom is -0.362 e. The quantitative estimate of drug-likeness (QED) is 0.354. The smallest absolute Gasteiger partial charge is 0.262 e. The lowest BCUT2D eigenvalue weighted by Gasteiger charge is -2.03. The van der Waals surface area contributed by atoms with Crippen LogP contribution in [0.15, 0.2) is 4.52 Å². The fourth-order valence-corrected chi connectivity index (χ4v) is 1.83. The molecule has 1 aliphatic rings. The second-order valence-electron chi connectivity index (χ2n) is 2.13. The van der Waals surface area contributed by atoms with Crippen LogP contribution in [0.25, 0.3) is 10.4 Å². The van der Waals surface area contributed by atoms with E-state index in [4.69, 9.17) is 10.3 Å². The Bertz CT molecular complexity index is 273. The molecular weight excluding hydrogens is 170 g/mol. The maximum atomic E-state index is 10.9. The van der Waals surface area contributed by atoms with Crippen molar-refractivity contribution in [2.45, 2.75) is 18.3 Å². The minimum absolute atomic E-state index is 0.418. The van der Waals surface area contributed by atoms with Gasteiger partial charge >= 0.3 is 0 Å². The Balaban J connectivity index is 2.79. The van der Waals surface area contributed by atoms with Gasteiger partial charge in [0.05, 0.1) is 0 Å². The summed E-state index contributed by atoms with van der Waals surface area (Å²) in [6, 6.07) is 0. The topological polar surface area (TPSA) is 92.1 Å². The van der Waals surface area contributed by atoms with Crippen LogP contribution in [-0.2, 0) is 14.8 Å². The van der Waals surface area contributed by atoms with Gasteiger partial charge in [0.15, 0.2) is 5.44 Å². The normalized spacial score (nSPS) is 24.5. The highest BCUT2D eigenvalue weighted by molar-refractivity contribution is 7.90. The van der Waals surface area contributed by atoms with E-state index in [1.54, 1.807) is 0 Å². The second kappa shape index (κ2) is 3.08. The standard InChI is InChI=1S/C4H7N3O3S/c5-6-7-11(8,9)4-2-1-3-10-4/h4H,1-3H2. The van der Waals surface area contributed by atoms with Crippen LogP contribution in [0.5, 0.6) is 0 Å². The molecule has 1 unspecified atom stereocenters. The molecule has 0 saturated carbocycles. The van der Waals surface area contributed by atoms with Crippen molar-refractivity contribution in [2.24, 2.45) is 4.52 Å². The summed E-state index contributed by atoms with van der Waals surface area (Å²) in [7, 11) is -3.72. The molecule has 0 N–H and O–H groups in total. The van der Waals surface area contributed by atoms with Crippen molar-refractivity contribution >= 4 is 10.0 Å². The van der Waals surface area contributed by atoms with Gasteiger partial charge in [-0.1, -0.05) is 0 Å². The molecular formula is C4H7N3O3S. The molecule has 1 rings (SSSR count). The monoisotopic (exact) mass is 177 g/mol. The zero-order valence-corrected chi connectivity index (χ0v) is 6.49. The Labute approximate surface area is 63.8 Å². The molecule has 0 amide bonds. The van der Waals surface area contributed by atoms with Crippen LogP contribution in [0.1, 0.15) is 12.8 Å². The predicted molar refractivity (Wildman–Crippen MR) is 37.0 cm³/mol. The van der Waals surface area contributed by atoms with Crippen LogP contribution >= 0.6 is 0 Å². The number of hydrogen-bond acceptors (Lipinski definition) is 3. The third-order valence-corrected chi connectivity index (χ3v) is 2.71. The molecule has 1 fully saturated rings. The van der Waals surface area contributed by atoms with E-state index in [1.165, 1.54) is 0 Å². The van der Waals surface area contributed by atoms with Gasteiger partial charge in [0.1, 0.15) is 0 Å². The zero-order chi connectivity index (χ0) is 8.32. The minimum atomic E-state index is -3.72. The maximum absolute atomic E-state index is 10.9. The molecule has 0 aromatic heterocycles. The molecule has 0 aliphatic carbocycles. The number of ether oxygens (including phenoxy) is 1. The largest absolute Gasteiger partial charge is 0.362 e. The predicted octanol–water partition coefficient (Wildman–Crippen LogP) is 0.763. The van der Waals surface area contributed by atoms with E-state index >= 15 is 0 Å². The molecule has 0 spiro atoms. The number of rotatable bonds is 2. The number of sulfonamides is 1. The van der Waals surface area contributed by atoms with Crippen LogP contribution in [0.3, 0.4) is 0 Å². The Morgan fingerprint density at radius 2 is 2.36 bits per heavy atom. The Hall–Kier alpha value is -0.780. The lowest BCUT2D eigenvalue weighted by atomic mass is 10.4. The average Bonchev–Trinajstić information content (AvgIpc) is 2.37. The Kier molecular flexibility index (Phi) is 2.33. The first-order valence-corrected chi connectivity index (χ1v) is 4.59. The molecule has 11 heavy (non-hydrogen) atoms. The van der Waals surface area contributed by atoms with Gasteiger partial charge in [-0.05, 0) is 18.4 Å². The van der Waals surface area contributed by atoms with E-state index in [1.807, 2.05) is 0 Å². The highest BCUT2D eigenvalue weighted by Crippen LogP contribution is 2.18. The first-order valence-electron chi connectivity index (χ1n) is 3.08. The summed E-state index contributed by atoms with van der Waals surface area (Å²) < 4.78 is 29.3. The van der Waals surface area contributed by atoms with Gasteiger partial charge in [-0.15, -0.1) is 0 Å². The van der Waals surface area contributed by atoms with Crippen molar-refractivity contribution < 1.29 is 13.2 Å². The van der Waals surface area contributed by atoms with Crippen LogP contribution < -0.4 is 0 Å². The summed E-state index contributed by atoms with van der Waals surface area (Å²) in [6.07, 6.45) is 1.12. The van der Waals surface area contributed by atoms with Gasteiger partial charge in [-0.25, -0.2) is 8.42 Å². The third-order valence-electron chi connectivity index (χ3n) is 1.37. The Morgan fingerprint density at radius 3 is 2.82 bits per heavy atom. The van der Waals surface area contributed by atoms with E-state index in [2.05, 4.69) is 9.43 Å². The molecule has 1 saturated heterocycles. The fraction of sp³-hybridized carbons (Fsp3) is 1.00. The molecule has 7 heteroatoms. The van der Waals surface area contributed by atoms with Crippen molar-refractivity contribution in [1.82, 2.24) is 0 Å². The van der Waals surface area contributed by atoms with Gasteiger partial charge in [-0.3, -0.25) is 0 Å². The van der Waals surface area contributed by atoms with E-state index < -0.39 is 15.5 Å². The summed E-state index contributed by atoms with van der Waals surface area (Å²) in [4.78, 5) is 2.21. The number of nitrogens with zero attached hydrogens (tertiary/aromatic N) is 3. The lowest BCUT2D eigenvalue weighted by Crippen LogP contribution is -2.16. The highest BCUT2D eigenvalue weighted by atomic mass is 32.2. The van der Waals surface area contributed by atoms with Crippen LogP contribution in [0, 0.1) is 0 Å². The summed E-state index contributed by atoms with van der Waals surface area (Å²) in [5.74, 6) is 0. The third kappa shape index (κ3) is 1.83. The molecule has 62 valence electrons. The molecule has 1 aliphatic heterocycles. The average molecular weight is 177 g/mol. The summed E-state index contributed by atoms with van der Waals surface area (Å²) in [5.41, 5.74) is 6.97. The molecule has 1 atom stereocenters. The van der Waals surface area contributed by atoms with Gasteiger partial charge in [0, 0.05) is 16.0 Å². The summed E-state index contributed by atoms with van der Waals surface area (Å²) in [6.45, 7) is 0.421. The van der Waals surface area contributed by atoms with Crippen molar-refractivity contribution in [3.8, 4) is 0 Å². The van der Waals surface area contributed by atoms with Crippen molar-refractivity contribution in [3.05, 3.63) is 10.4 Å². The van der Waals surface area contributed by atoms with Gasteiger partial charge < -0.3 is 4.74 Å². The molecule has 6 nitrogen and oxygen atoms in total. The van der Waals surface area contributed by atoms with Gasteiger partial charge in [0.25, 0.3) is 10.0 Å². The second-order valence-corrected chi connectivity index (χ2v) is 3.85. The van der Waals surface area contributed by atoms with Crippen molar-refractivity contribution in [1.29, 1.82) is 0 Å². The van der Waals surface area contributed by atoms with E-state index in [0.717, 1.165) is 0 Å². The highest BCUT2D eigenvalue weighted by Gasteiger charge is 2.28. The molecule has 0 aromatic rings. The summed E-state index contributed by atoms with van der Waals surface area (Å²) in [5, 5.41) is 0. The maximum Gasteiger partial charge on any atom is 0.262 e. The SMILES string of the molecule is [N-]=[N+]=NS(=O)(=O)C1CCCO1. The van der Waals surface area contributed by atoms with Crippen molar-refractivity contribution in [2.75, 3.05) is 6.61 Å². The van der Waals surface area contributed by atoms with E-state index in [0.29, 0.717) is 19.4 Å². The summed E-state index contributed by atoms with van der Waals surface area (Å²) >= 11 is 0. The molecule has 0 radical (unpaired) electrons. The van der Waals surface area contributed by atoms with Crippen LogP contribution in [0.4, 0.5) is 0 Å².